The van der Waals surface area contributed by atoms with Crippen LogP contribution in [-0.4, -0.2) is 41.4 Å². The minimum Gasteiger partial charge on any atom is -0.391 e. The molecule has 2 rings (SSSR count). The minimum absolute atomic E-state index is 0.335. The van der Waals surface area contributed by atoms with E-state index in [1.54, 1.807) is 19.2 Å². The predicted molar refractivity (Wildman–Crippen MR) is 75.5 cm³/mol. The van der Waals surface area contributed by atoms with Crippen LogP contribution in [0.15, 0.2) is 24.5 Å². The van der Waals surface area contributed by atoms with Crippen molar-refractivity contribution in [3.8, 4) is 0 Å². The van der Waals surface area contributed by atoms with Gasteiger partial charge in [-0.15, -0.1) is 0 Å². The van der Waals surface area contributed by atoms with Crippen LogP contribution in [0.4, 0.5) is 5.82 Å². The lowest BCUT2D eigenvalue weighted by Crippen LogP contribution is -2.18. The van der Waals surface area contributed by atoms with Gasteiger partial charge in [0.25, 0.3) is 0 Å². The number of hydrogen-bond donors (Lipinski definition) is 2. The van der Waals surface area contributed by atoms with E-state index >= 15 is 0 Å². The molecule has 2 aromatic rings. The summed E-state index contributed by atoms with van der Waals surface area (Å²) < 4.78 is 4.87. The average Bonchev–Trinajstić information content (AvgIpc) is 2.39. The first-order valence-electron chi connectivity index (χ1n) is 6.02. The van der Waals surface area contributed by atoms with Crippen LogP contribution < -0.4 is 5.32 Å². The summed E-state index contributed by atoms with van der Waals surface area (Å²) in [6.07, 6.45) is 1.61. The summed E-state index contributed by atoms with van der Waals surface area (Å²) in [5, 5.41) is 14.3. The summed E-state index contributed by atoms with van der Waals surface area (Å²) in [4.78, 5) is 8.37. The molecule has 0 aliphatic rings. The molecule has 19 heavy (non-hydrogen) atoms. The van der Waals surface area contributed by atoms with Gasteiger partial charge in [0.2, 0.25) is 0 Å². The van der Waals surface area contributed by atoms with Crippen molar-refractivity contribution in [1.29, 1.82) is 0 Å². The summed E-state index contributed by atoms with van der Waals surface area (Å²) in [6, 6.07) is 5.48. The SMILES string of the molecule is COCC(O)CCNc1ncnc2cc(Cl)ccc12. The Morgan fingerprint density at radius 1 is 1.42 bits per heavy atom. The number of benzene rings is 1. The molecule has 0 aliphatic carbocycles. The maximum atomic E-state index is 9.56. The Morgan fingerprint density at radius 2 is 2.26 bits per heavy atom. The van der Waals surface area contributed by atoms with E-state index in [-0.39, 0.29) is 0 Å². The first-order valence-corrected chi connectivity index (χ1v) is 6.39. The van der Waals surface area contributed by atoms with Crippen molar-refractivity contribution in [2.45, 2.75) is 12.5 Å². The molecule has 1 unspecified atom stereocenters. The molecular formula is C13H16ClN3O2. The molecule has 1 aromatic heterocycles. The van der Waals surface area contributed by atoms with Crippen molar-refractivity contribution >= 4 is 28.3 Å². The lowest BCUT2D eigenvalue weighted by atomic mass is 10.2. The molecular weight excluding hydrogens is 266 g/mol. The highest BCUT2D eigenvalue weighted by Crippen LogP contribution is 2.22. The summed E-state index contributed by atoms with van der Waals surface area (Å²) in [7, 11) is 1.57. The number of aliphatic hydroxyl groups excluding tert-OH is 1. The van der Waals surface area contributed by atoms with Crippen LogP contribution in [0.5, 0.6) is 0 Å². The highest BCUT2D eigenvalue weighted by molar-refractivity contribution is 6.31. The molecule has 0 spiro atoms. The van der Waals surface area contributed by atoms with Crippen molar-refractivity contribution in [2.75, 3.05) is 25.6 Å². The Morgan fingerprint density at radius 3 is 3.05 bits per heavy atom. The van der Waals surface area contributed by atoms with Crippen LogP contribution in [-0.2, 0) is 4.74 Å². The Bertz CT molecular complexity index is 550. The highest BCUT2D eigenvalue weighted by atomic mass is 35.5. The molecule has 0 fully saturated rings. The van der Waals surface area contributed by atoms with Gasteiger partial charge in [-0.2, -0.15) is 0 Å². The van der Waals surface area contributed by atoms with E-state index < -0.39 is 6.10 Å². The van der Waals surface area contributed by atoms with Crippen molar-refractivity contribution < 1.29 is 9.84 Å². The topological polar surface area (TPSA) is 67.3 Å². The Hall–Kier alpha value is -1.43. The van der Waals surface area contributed by atoms with Crippen LogP contribution in [0.2, 0.25) is 5.02 Å². The molecule has 0 saturated carbocycles. The van der Waals surface area contributed by atoms with Gasteiger partial charge >= 0.3 is 0 Å². The molecule has 1 heterocycles. The van der Waals surface area contributed by atoms with Gasteiger partial charge in [0.05, 0.1) is 18.2 Å². The number of rotatable bonds is 6. The molecule has 1 aromatic carbocycles. The van der Waals surface area contributed by atoms with Crippen LogP contribution in [0.25, 0.3) is 10.9 Å². The Kier molecular flexibility index (Phi) is 4.90. The molecule has 2 N–H and O–H groups in total. The zero-order valence-corrected chi connectivity index (χ0v) is 11.4. The number of fused-ring (bicyclic) bond motifs is 1. The molecule has 0 saturated heterocycles. The zero-order valence-electron chi connectivity index (χ0n) is 10.6. The van der Waals surface area contributed by atoms with Gasteiger partial charge < -0.3 is 15.2 Å². The van der Waals surface area contributed by atoms with Gasteiger partial charge in [0.15, 0.2) is 0 Å². The fraction of sp³-hybridized carbons (Fsp3) is 0.385. The molecule has 1 atom stereocenters. The Balaban J connectivity index is 2.04. The van der Waals surface area contributed by atoms with Gasteiger partial charge in [-0.25, -0.2) is 9.97 Å². The van der Waals surface area contributed by atoms with Crippen molar-refractivity contribution in [3.05, 3.63) is 29.5 Å². The maximum Gasteiger partial charge on any atom is 0.137 e. The second kappa shape index (κ2) is 6.65. The third-order valence-electron chi connectivity index (χ3n) is 2.73. The average molecular weight is 282 g/mol. The fourth-order valence-electron chi connectivity index (χ4n) is 1.80. The molecule has 0 amide bonds. The largest absolute Gasteiger partial charge is 0.391 e. The van der Waals surface area contributed by atoms with Crippen LogP contribution in [0.3, 0.4) is 0 Å². The zero-order chi connectivity index (χ0) is 13.7. The number of ether oxygens (including phenoxy) is 1. The summed E-state index contributed by atoms with van der Waals surface area (Å²) in [5.74, 6) is 0.742. The standard InChI is InChI=1S/C13H16ClN3O2/c1-19-7-10(18)4-5-15-13-11-3-2-9(14)6-12(11)16-8-17-13/h2-3,6,8,10,18H,4-5,7H2,1H3,(H,15,16,17). The monoisotopic (exact) mass is 281 g/mol. The van der Waals surface area contributed by atoms with Crippen molar-refractivity contribution in [1.82, 2.24) is 9.97 Å². The molecule has 0 aliphatic heterocycles. The van der Waals surface area contributed by atoms with Gasteiger partial charge in [-0.1, -0.05) is 11.6 Å². The number of hydrogen-bond acceptors (Lipinski definition) is 5. The van der Waals surface area contributed by atoms with Crippen molar-refractivity contribution in [2.24, 2.45) is 0 Å². The number of halogens is 1. The van der Waals surface area contributed by atoms with E-state index in [0.717, 1.165) is 16.7 Å². The number of nitrogens with one attached hydrogen (secondary N) is 1. The quantitative estimate of drug-likeness (QED) is 0.849. The van der Waals surface area contributed by atoms with E-state index in [1.807, 2.05) is 6.07 Å². The molecule has 102 valence electrons. The first kappa shape index (κ1) is 14.0. The second-order valence-electron chi connectivity index (χ2n) is 4.21. The van der Waals surface area contributed by atoms with E-state index in [4.69, 9.17) is 16.3 Å². The molecule has 6 heteroatoms. The van der Waals surface area contributed by atoms with Crippen LogP contribution >= 0.6 is 11.6 Å². The number of aromatic nitrogens is 2. The van der Waals surface area contributed by atoms with E-state index in [9.17, 15) is 5.11 Å². The number of methoxy groups -OCH3 is 1. The van der Waals surface area contributed by atoms with Gasteiger partial charge in [-0.05, 0) is 24.6 Å². The normalized spacial score (nSPS) is 12.6. The van der Waals surface area contributed by atoms with E-state index in [0.29, 0.717) is 24.6 Å². The number of aliphatic hydroxyl groups is 1. The van der Waals surface area contributed by atoms with E-state index in [2.05, 4.69) is 15.3 Å². The third-order valence-corrected chi connectivity index (χ3v) is 2.96. The number of anilines is 1. The lowest BCUT2D eigenvalue weighted by Gasteiger charge is -2.11. The molecule has 0 bridgehead atoms. The van der Waals surface area contributed by atoms with Crippen LogP contribution in [0, 0.1) is 0 Å². The van der Waals surface area contributed by atoms with E-state index in [1.165, 1.54) is 6.33 Å². The minimum atomic E-state index is -0.472. The van der Waals surface area contributed by atoms with Crippen molar-refractivity contribution in [3.63, 3.8) is 0 Å². The van der Waals surface area contributed by atoms with Gasteiger partial charge in [0, 0.05) is 24.1 Å². The lowest BCUT2D eigenvalue weighted by molar-refractivity contribution is 0.0615. The maximum absolute atomic E-state index is 9.56. The van der Waals surface area contributed by atoms with Crippen LogP contribution in [0.1, 0.15) is 6.42 Å². The Labute approximate surface area is 116 Å². The smallest absolute Gasteiger partial charge is 0.137 e. The van der Waals surface area contributed by atoms with Gasteiger partial charge in [0.1, 0.15) is 12.1 Å². The number of nitrogens with zero attached hydrogens (tertiary/aromatic N) is 2. The molecule has 0 radical (unpaired) electrons. The highest BCUT2D eigenvalue weighted by Gasteiger charge is 2.06. The summed E-state index contributed by atoms with van der Waals surface area (Å²) >= 11 is 5.92. The predicted octanol–water partition coefficient (Wildman–Crippen LogP) is 2.09. The van der Waals surface area contributed by atoms with Gasteiger partial charge in [-0.3, -0.25) is 0 Å². The molecule has 5 nitrogen and oxygen atoms in total. The fourth-order valence-corrected chi connectivity index (χ4v) is 1.97. The second-order valence-corrected chi connectivity index (χ2v) is 4.64. The summed E-state index contributed by atoms with van der Waals surface area (Å²) in [5.41, 5.74) is 0.794. The first-order chi connectivity index (χ1) is 9.20. The summed E-state index contributed by atoms with van der Waals surface area (Å²) in [6.45, 7) is 0.946. The third kappa shape index (κ3) is 3.76.